The summed E-state index contributed by atoms with van der Waals surface area (Å²) in [7, 11) is -5.84. The molecule has 0 saturated carbocycles. The van der Waals surface area contributed by atoms with Crippen LogP contribution in [0.2, 0.25) is 0 Å². The van der Waals surface area contributed by atoms with E-state index in [-0.39, 0.29) is 0 Å². The molecule has 6 rings (SSSR count). The van der Waals surface area contributed by atoms with Crippen molar-refractivity contribution in [2.75, 3.05) is 0 Å². The molecule has 0 spiro atoms. The van der Waals surface area contributed by atoms with Crippen molar-refractivity contribution in [1.82, 2.24) is 0 Å². The van der Waals surface area contributed by atoms with E-state index in [4.69, 9.17) is 13.0 Å². The monoisotopic (exact) mass is 686 g/mol. The van der Waals surface area contributed by atoms with Gasteiger partial charge in [0.25, 0.3) is 0 Å². The Bertz CT molecular complexity index is 2030. The molecule has 1 N–H and O–H groups in total. The van der Waals surface area contributed by atoms with E-state index in [0.29, 0.717) is 0 Å². The molecule has 6 aromatic carbocycles. The SMILES string of the molecule is Cc1cc(Sc2ccc(-c3ccccc3-c3ccccc3)cc2)ccc1Sc1ccc(-c2ccccc2)cc1.O=S(=O)(O)C(F)(F)F. The summed E-state index contributed by atoms with van der Waals surface area (Å²) in [6, 6.07) is 54.3. The Kier molecular flexibility index (Phi) is 10.9. The lowest BCUT2D eigenvalue weighted by molar-refractivity contribution is -0.0510. The minimum absolute atomic E-state index is 1.24. The van der Waals surface area contributed by atoms with Crippen LogP contribution in [-0.2, 0) is 10.1 Å². The summed E-state index contributed by atoms with van der Waals surface area (Å²) in [5.74, 6) is 0. The Hall–Kier alpha value is -4.28. The number of alkyl halides is 3. The average Bonchev–Trinajstić information content (AvgIpc) is 3.07. The van der Waals surface area contributed by atoms with Crippen LogP contribution in [0.15, 0.2) is 171 Å². The maximum Gasteiger partial charge on any atom is 0.522 e. The van der Waals surface area contributed by atoms with Gasteiger partial charge in [0, 0.05) is 19.6 Å². The number of hydrogen-bond acceptors (Lipinski definition) is 4. The van der Waals surface area contributed by atoms with Crippen LogP contribution in [0.1, 0.15) is 5.56 Å². The third-order valence-corrected chi connectivity index (χ3v) is 9.81. The van der Waals surface area contributed by atoms with E-state index in [9.17, 15) is 13.2 Å². The number of hydrogen-bond donors (Lipinski definition) is 1. The van der Waals surface area contributed by atoms with E-state index in [1.165, 1.54) is 58.5 Å². The van der Waals surface area contributed by atoms with Crippen molar-refractivity contribution >= 4 is 33.6 Å². The maximum atomic E-state index is 10.7. The van der Waals surface area contributed by atoms with Crippen molar-refractivity contribution in [3.8, 4) is 33.4 Å². The normalized spacial score (nSPS) is 11.4. The standard InChI is InChI=1S/C37H28S2.CHF3O3S/c1-27-26-34(24-25-37(27)39-33-20-16-29(17-21-33)28-10-4-2-5-11-28)38-32-22-18-31(19-23-32)36-15-9-8-14-35(36)30-12-6-3-7-13-30;2-1(3,4)8(5,6)7/h2-26H,1H3;(H,5,6,7). The van der Waals surface area contributed by atoms with Gasteiger partial charge in [0.15, 0.2) is 0 Å². The first-order chi connectivity index (χ1) is 22.5. The van der Waals surface area contributed by atoms with Crippen molar-refractivity contribution in [3.05, 3.63) is 157 Å². The third kappa shape index (κ3) is 9.17. The molecule has 0 bridgehead atoms. The summed E-state index contributed by atoms with van der Waals surface area (Å²) < 4.78 is 57.5. The molecule has 47 heavy (non-hydrogen) atoms. The highest BCUT2D eigenvalue weighted by Crippen LogP contribution is 2.37. The average molecular weight is 687 g/mol. The fraction of sp³-hybridized carbons (Fsp3) is 0.0526. The highest BCUT2D eigenvalue weighted by molar-refractivity contribution is 7.99. The molecule has 0 aliphatic rings. The molecular formula is C38H29F3O3S3. The Morgan fingerprint density at radius 1 is 0.511 bits per heavy atom. The van der Waals surface area contributed by atoms with Crippen molar-refractivity contribution in [2.24, 2.45) is 0 Å². The van der Waals surface area contributed by atoms with E-state index in [1.54, 1.807) is 0 Å². The quantitative estimate of drug-likeness (QED) is 0.134. The molecule has 0 amide bonds. The van der Waals surface area contributed by atoms with Crippen molar-refractivity contribution in [2.45, 2.75) is 32.0 Å². The fourth-order valence-electron chi connectivity index (χ4n) is 4.72. The summed E-state index contributed by atoms with van der Waals surface area (Å²) in [5, 5.41) is 0. The highest BCUT2D eigenvalue weighted by atomic mass is 32.2. The van der Waals surface area contributed by atoms with Gasteiger partial charge in [0.2, 0.25) is 0 Å². The van der Waals surface area contributed by atoms with Gasteiger partial charge in [-0.05, 0) is 88.3 Å². The topological polar surface area (TPSA) is 54.4 Å². The fourth-order valence-corrected chi connectivity index (χ4v) is 6.51. The molecule has 0 atom stereocenters. The molecule has 3 nitrogen and oxygen atoms in total. The molecule has 0 saturated heterocycles. The van der Waals surface area contributed by atoms with Gasteiger partial charge in [-0.3, -0.25) is 4.55 Å². The van der Waals surface area contributed by atoms with Gasteiger partial charge in [0.1, 0.15) is 0 Å². The van der Waals surface area contributed by atoms with E-state index < -0.39 is 15.6 Å². The van der Waals surface area contributed by atoms with Crippen molar-refractivity contribution in [1.29, 1.82) is 0 Å². The molecule has 0 heterocycles. The van der Waals surface area contributed by atoms with Crippen LogP contribution in [0.5, 0.6) is 0 Å². The van der Waals surface area contributed by atoms with Crippen LogP contribution in [0.25, 0.3) is 33.4 Å². The molecular weight excluding hydrogens is 658 g/mol. The van der Waals surface area contributed by atoms with E-state index in [0.717, 1.165) is 0 Å². The molecule has 0 aromatic heterocycles. The summed E-state index contributed by atoms with van der Waals surface area (Å²) in [5.41, 5.74) is 3.26. The summed E-state index contributed by atoms with van der Waals surface area (Å²) in [6.45, 7) is 2.20. The largest absolute Gasteiger partial charge is 0.522 e. The Labute approximate surface area is 281 Å². The van der Waals surface area contributed by atoms with Gasteiger partial charge in [-0.25, -0.2) is 0 Å². The maximum absolute atomic E-state index is 10.7. The van der Waals surface area contributed by atoms with E-state index in [1.807, 2.05) is 23.5 Å². The minimum atomic E-state index is -5.84. The Morgan fingerprint density at radius 3 is 1.38 bits per heavy atom. The predicted octanol–water partition coefficient (Wildman–Crippen LogP) is 11.7. The smallest absolute Gasteiger partial charge is 0.279 e. The lowest BCUT2D eigenvalue weighted by Crippen LogP contribution is -2.21. The Balaban J connectivity index is 0.000000483. The first-order valence-electron chi connectivity index (χ1n) is 14.4. The zero-order chi connectivity index (χ0) is 33.4. The van der Waals surface area contributed by atoms with Gasteiger partial charge in [-0.1, -0.05) is 133 Å². The van der Waals surface area contributed by atoms with Crippen LogP contribution in [-0.4, -0.2) is 18.5 Å². The Morgan fingerprint density at radius 2 is 0.894 bits per heavy atom. The van der Waals surface area contributed by atoms with Crippen molar-refractivity contribution in [3.63, 3.8) is 0 Å². The minimum Gasteiger partial charge on any atom is -0.279 e. The third-order valence-electron chi connectivity index (χ3n) is 7.04. The second-order valence-corrected chi connectivity index (χ2v) is 14.1. The molecule has 0 unspecified atom stereocenters. The van der Waals surface area contributed by atoms with E-state index >= 15 is 0 Å². The molecule has 0 radical (unpaired) electrons. The van der Waals surface area contributed by atoms with Gasteiger partial charge in [-0.2, -0.15) is 21.6 Å². The van der Waals surface area contributed by atoms with Crippen LogP contribution < -0.4 is 0 Å². The molecule has 0 aliphatic carbocycles. The zero-order valence-corrected chi connectivity index (χ0v) is 27.5. The lowest BCUT2D eigenvalue weighted by Gasteiger charge is -2.11. The van der Waals surface area contributed by atoms with E-state index in [2.05, 4.69) is 159 Å². The highest BCUT2D eigenvalue weighted by Gasteiger charge is 2.44. The number of rotatable bonds is 7. The molecule has 0 aliphatic heterocycles. The number of benzene rings is 6. The molecule has 6 aromatic rings. The molecule has 238 valence electrons. The van der Waals surface area contributed by atoms with Crippen molar-refractivity contribution < 1.29 is 26.1 Å². The first kappa shape index (κ1) is 34.1. The second-order valence-electron chi connectivity index (χ2n) is 10.4. The van der Waals surface area contributed by atoms with Crippen LogP contribution in [0.3, 0.4) is 0 Å². The first-order valence-corrected chi connectivity index (χ1v) is 17.5. The lowest BCUT2D eigenvalue weighted by atomic mass is 9.95. The van der Waals surface area contributed by atoms with Gasteiger partial charge in [0.05, 0.1) is 0 Å². The number of halogens is 3. The van der Waals surface area contributed by atoms with Gasteiger partial charge in [-0.15, -0.1) is 0 Å². The van der Waals surface area contributed by atoms with Crippen LogP contribution in [0.4, 0.5) is 13.2 Å². The van der Waals surface area contributed by atoms with Gasteiger partial charge < -0.3 is 0 Å². The van der Waals surface area contributed by atoms with Crippen LogP contribution in [0, 0.1) is 6.92 Å². The zero-order valence-electron chi connectivity index (χ0n) is 25.1. The second kappa shape index (κ2) is 15.1. The van der Waals surface area contributed by atoms with Gasteiger partial charge >= 0.3 is 15.6 Å². The summed E-state index contributed by atoms with van der Waals surface area (Å²) >= 11 is 3.63. The molecule has 0 fully saturated rings. The number of aryl methyl sites for hydroxylation is 1. The predicted molar refractivity (Wildman–Crippen MR) is 186 cm³/mol. The summed E-state index contributed by atoms with van der Waals surface area (Å²) in [6.07, 6.45) is 0. The van der Waals surface area contributed by atoms with Crippen LogP contribution >= 0.6 is 23.5 Å². The molecule has 9 heteroatoms. The summed E-state index contributed by atoms with van der Waals surface area (Å²) in [4.78, 5) is 5.05.